The van der Waals surface area contributed by atoms with Gasteiger partial charge >= 0.3 is 0 Å². The van der Waals surface area contributed by atoms with Crippen LogP contribution in [0.3, 0.4) is 0 Å². The first-order valence-corrected chi connectivity index (χ1v) is 7.79. The normalized spacial score (nSPS) is 10.6. The lowest BCUT2D eigenvalue weighted by Crippen LogP contribution is -2.02. The third kappa shape index (κ3) is 7.22. The van der Waals surface area contributed by atoms with E-state index in [4.69, 9.17) is 37.4 Å². The molecule has 0 saturated carbocycles. The topological polar surface area (TPSA) is 27.7 Å². The first-order valence-electron chi connectivity index (χ1n) is 6.88. The lowest BCUT2D eigenvalue weighted by atomic mass is 10.3. The lowest BCUT2D eigenvalue weighted by Gasteiger charge is -2.09. The summed E-state index contributed by atoms with van der Waals surface area (Å²) in [5, 5.41) is 0.571. The van der Waals surface area contributed by atoms with Gasteiger partial charge in [0.25, 0.3) is 0 Å². The van der Waals surface area contributed by atoms with Crippen LogP contribution in [0.2, 0.25) is 5.02 Å². The Balaban J connectivity index is 2.06. The minimum atomic E-state index is 0.571. The van der Waals surface area contributed by atoms with E-state index in [1.165, 1.54) is 0 Å². The Labute approximate surface area is 131 Å². The summed E-state index contributed by atoms with van der Waals surface area (Å²) in [6, 6.07) is 5.40. The molecule has 0 saturated heterocycles. The largest absolute Gasteiger partial charge is 0.497 e. The van der Waals surface area contributed by atoms with E-state index in [1.54, 1.807) is 13.2 Å². The Kier molecular flexibility index (Phi) is 9.63. The van der Waals surface area contributed by atoms with Gasteiger partial charge in [0.05, 0.1) is 18.7 Å². The van der Waals surface area contributed by atoms with Gasteiger partial charge in [-0.1, -0.05) is 11.6 Å². The van der Waals surface area contributed by atoms with Crippen LogP contribution < -0.4 is 9.47 Å². The van der Waals surface area contributed by atoms with Crippen LogP contribution in [0.15, 0.2) is 18.2 Å². The van der Waals surface area contributed by atoms with Gasteiger partial charge in [-0.15, -0.1) is 11.6 Å². The highest BCUT2D eigenvalue weighted by Gasteiger charge is 2.03. The maximum Gasteiger partial charge on any atom is 0.138 e. The number of ether oxygens (including phenoxy) is 3. The second kappa shape index (κ2) is 11.1. The molecule has 0 heterocycles. The quantitative estimate of drug-likeness (QED) is 0.442. The molecule has 0 unspecified atom stereocenters. The summed E-state index contributed by atoms with van der Waals surface area (Å²) >= 11 is 11.7. The summed E-state index contributed by atoms with van der Waals surface area (Å²) in [4.78, 5) is 0. The van der Waals surface area contributed by atoms with Crippen molar-refractivity contribution < 1.29 is 14.2 Å². The number of halogens is 2. The highest BCUT2D eigenvalue weighted by Crippen LogP contribution is 2.28. The van der Waals surface area contributed by atoms with Gasteiger partial charge in [0.2, 0.25) is 0 Å². The lowest BCUT2D eigenvalue weighted by molar-refractivity contribution is 0.124. The molecule has 1 aromatic rings. The maximum atomic E-state index is 6.08. The third-order valence-electron chi connectivity index (χ3n) is 2.75. The Morgan fingerprint density at radius 1 is 1.00 bits per heavy atom. The number of rotatable bonds is 11. The minimum Gasteiger partial charge on any atom is -0.497 e. The van der Waals surface area contributed by atoms with E-state index < -0.39 is 0 Å². The molecule has 0 atom stereocenters. The molecule has 5 heteroatoms. The zero-order valence-corrected chi connectivity index (χ0v) is 13.4. The van der Waals surface area contributed by atoms with E-state index in [2.05, 4.69) is 0 Å². The number of benzene rings is 1. The van der Waals surface area contributed by atoms with E-state index in [9.17, 15) is 0 Å². The molecule has 0 bridgehead atoms. The van der Waals surface area contributed by atoms with Gasteiger partial charge in [-0.2, -0.15) is 0 Å². The Bertz CT molecular complexity index is 372. The van der Waals surface area contributed by atoms with Crippen LogP contribution in [0.4, 0.5) is 0 Å². The van der Waals surface area contributed by atoms with Crippen LogP contribution in [0, 0.1) is 0 Å². The molecule has 0 fully saturated rings. The number of hydrogen-bond acceptors (Lipinski definition) is 3. The Morgan fingerprint density at radius 3 is 2.35 bits per heavy atom. The van der Waals surface area contributed by atoms with Gasteiger partial charge in [-0.3, -0.25) is 0 Å². The van der Waals surface area contributed by atoms with Crippen molar-refractivity contribution in [1.82, 2.24) is 0 Å². The summed E-state index contributed by atoms with van der Waals surface area (Å²) in [6.07, 6.45) is 3.97. The van der Waals surface area contributed by atoms with Crippen LogP contribution >= 0.6 is 23.2 Å². The van der Waals surface area contributed by atoms with Gasteiger partial charge in [-0.05, 0) is 37.8 Å². The van der Waals surface area contributed by atoms with Gasteiger partial charge in [-0.25, -0.2) is 0 Å². The molecular formula is C15H22Cl2O3. The smallest absolute Gasteiger partial charge is 0.138 e. The third-order valence-corrected chi connectivity index (χ3v) is 3.31. The van der Waals surface area contributed by atoms with Crippen LogP contribution in [0.1, 0.15) is 25.7 Å². The first-order chi connectivity index (χ1) is 9.77. The maximum absolute atomic E-state index is 6.08. The van der Waals surface area contributed by atoms with Crippen LogP contribution in [0.25, 0.3) is 0 Å². The zero-order chi connectivity index (χ0) is 14.6. The fourth-order valence-electron chi connectivity index (χ4n) is 1.61. The second-order valence-electron chi connectivity index (χ2n) is 4.36. The van der Waals surface area contributed by atoms with E-state index >= 15 is 0 Å². The van der Waals surface area contributed by atoms with Crippen LogP contribution in [-0.2, 0) is 4.74 Å². The van der Waals surface area contributed by atoms with Crippen molar-refractivity contribution in [2.75, 3.05) is 32.8 Å². The molecule has 114 valence electrons. The minimum absolute atomic E-state index is 0.571. The Morgan fingerprint density at radius 2 is 1.70 bits per heavy atom. The van der Waals surface area contributed by atoms with Crippen molar-refractivity contribution in [3.05, 3.63) is 23.2 Å². The second-order valence-corrected chi connectivity index (χ2v) is 5.15. The molecule has 0 amide bonds. The highest BCUT2D eigenvalue weighted by molar-refractivity contribution is 6.32. The summed E-state index contributed by atoms with van der Waals surface area (Å²) in [5.74, 6) is 2.13. The fourth-order valence-corrected chi connectivity index (χ4v) is 2.03. The van der Waals surface area contributed by atoms with E-state index in [1.807, 2.05) is 12.1 Å². The summed E-state index contributed by atoms with van der Waals surface area (Å²) in [7, 11) is 1.61. The van der Waals surface area contributed by atoms with E-state index in [0.717, 1.165) is 44.6 Å². The molecule has 0 aliphatic heterocycles. The number of alkyl halides is 1. The monoisotopic (exact) mass is 320 g/mol. The van der Waals surface area contributed by atoms with Crippen LogP contribution in [-0.4, -0.2) is 32.8 Å². The van der Waals surface area contributed by atoms with Gasteiger partial charge in [0.1, 0.15) is 11.5 Å². The standard InChI is InChI=1S/C15H22Cl2O3/c1-18-13-6-7-15(14(17)12-13)20-11-5-4-10-19-9-3-2-8-16/h6-7,12H,2-5,8-11H2,1H3. The van der Waals surface area contributed by atoms with Gasteiger partial charge in [0, 0.05) is 25.2 Å². The number of unbranched alkanes of at least 4 members (excludes halogenated alkanes) is 2. The zero-order valence-electron chi connectivity index (χ0n) is 11.9. The summed E-state index contributed by atoms with van der Waals surface area (Å²) < 4.78 is 16.2. The molecule has 20 heavy (non-hydrogen) atoms. The summed E-state index contributed by atoms with van der Waals surface area (Å²) in [6.45, 7) is 2.19. The van der Waals surface area contributed by atoms with Crippen LogP contribution in [0.5, 0.6) is 11.5 Å². The molecule has 0 radical (unpaired) electrons. The van der Waals surface area contributed by atoms with Crippen molar-refractivity contribution in [2.24, 2.45) is 0 Å². The number of methoxy groups -OCH3 is 1. The average molecular weight is 321 g/mol. The van der Waals surface area contributed by atoms with Gasteiger partial charge < -0.3 is 14.2 Å². The fraction of sp³-hybridized carbons (Fsp3) is 0.600. The molecule has 0 aliphatic rings. The molecule has 0 aliphatic carbocycles. The predicted octanol–water partition coefficient (Wildman–Crippen LogP) is 4.54. The first kappa shape index (κ1) is 17.4. The number of hydrogen-bond donors (Lipinski definition) is 0. The molecule has 0 aromatic heterocycles. The molecular weight excluding hydrogens is 299 g/mol. The van der Waals surface area contributed by atoms with Crippen molar-refractivity contribution in [3.8, 4) is 11.5 Å². The summed E-state index contributed by atoms with van der Waals surface area (Å²) in [5.41, 5.74) is 0. The van der Waals surface area contributed by atoms with E-state index in [-0.39, 0.29) is 0 Å². The Hall–Kier alpha value is -0.640. The van der Waals surface area contributed by atoms with Gasteiger partial charge in [0.15, 0.2) is 0 Å². The SMILES string of the molecule is COc1ccc(OCCCCOCCCCCl)c(Cl)c1. The molecule has 0 spiro atoms. The molecule has 3 nitrogen and oxygen atoms in total. The van der Waals surface area contributed by atoms with Crippen molar-refractivity contribution in [2.45, 2.75) is 25.7 Å². The highest BCUT2D eigenvalue weighted by atomic mass is 35.5. The van der Waals surface area contributed by atoms with E-state index in [0.29, 0.717) is 23.3 Å². The van der Waals surface area contributed by atoms with Crippen molar-refractivity contribution in [1.29, 1.82) is 0 Å². The molecule has 0 N–H and O–H groups in total. The van der Waals surface area contributed by atoms with Crippen molar-refractivity contribution >= 4 is 23.2 Å². The predicted molar refractivity (Wildman–Crippen MR) is 83.5 cm³/mol. The molecule has 1 aromatic carbocycles. The molecule has 1 rings (SSSR count). The average Bonchev–Trinajstić information content (AvgIpc) is 2.47. The van der Waals surface area contributed by atoms with Crippen molar-refractivity contribution in [3.63, 3.8) is 0 Å².